The van der Waals surface area contributed by atoms with E-state index in [1.807, 2.05) is 22.7 Å². The maximum atomic E-state index is 2.31. The molecule has 59 valence electrons. The third-order valence-electron chi connectivity index (χ3n) is 1.89. The Morgan fingerprint density at radius 2 is 1.45 bits per heavy atom. The third-order valence-corrected chi connectivity index (χ3v) is 9.33. The van der Waals surface area contributed by atoms with Crippen molar-refractivity contribution in [3.05, 3.63) is 22.9 Å². The van der Waals surface area contributed by atoms with Gasteiger partial charge < -0.3 is 0 Å². The van der Waals surface area contributed by atoms with E-state index in [0.29, 0.717) is 0 Å². The van der Waals surface area contributed by atoms with Gasteiger partial charge in [-0.15, -0.1) is 0 Å². The molecular formula is C8H4CuS2. The Morgan fingerprint density at radius 3 is 1.82 bits per heavy atom. The minimum absolute atomic E-state index is 0.360. The van der Waals surface area contributed by atoms with Crippen LogP contribution >= 0.6 is 22.7 Å². The molecule has 11 heavy (non-hydrogen) atoms. The Balaban J connectivity index is 2.04. The average molecular weight is 228 g/mol. The van der Waals surface area contributed by atoms with Crippen LogP contribution in [0.15, 0.2) is 22.9 Å². The van der Waals surface area contributed by atoms with Crippen molar-refractivity contribution in [2.75, 3.05) is 0 Å². The van der Waals surface area contributed by atoms with Gasteiger partial charge in [0.25, 0.3) is 0 Å². The Kier molecular flexibility index (Phi) is 0.695. The first kappa shape index (κ1) is 5.55. The van der Waals surface area contributed by atoms with Crippen molar-refractivity contribution in [1.82, 2.24) is 0 Å². The number of hydrogen-bond donors (Lipinski definition) is 0. The van der Waals surface area contributed by atoms with E-state index in [-0.39, 0.29) is 12.8 Å². The van der Waals surface area contributed by atoms with E-state index >= 15 is 0 Å². The molecule has 0 amide bonds. The summed E-state index contributed by atoms with van der Waals surface area (Å²) in [6.07, 6.45) is 0. The van der Waals surface area contributed by atoms with Gasteiger partial charge in [-0.25, -0.2) is 0 Å². The fraction of sp³-hybridized carbons (Fsp3) is 0. The Morgan fingerprint density at radius 1 is 0.909 bits per heavy atom. The van der Waals surface area contributed by atoms with Crippen LogP contribution in [-0.2, 0) is 12.8 Å². The van der Waals surface area contributed by atoms with Crippen molar-refractivity contribution < 1.29 is 12.8 Å². The van der Waals surface area contributed by atoms with Crippen molar-refractivity contribution in [2.45, 2.75) is 0 Å². The molecule has 0 fully saturated rings. The number of rotatable bonds is 0. The molecule has 2 aliphatic heterocycles. The molecule has 1 spiro atoms. The van der Waals surface area contributed by atoms with Crippen molar-refractivity contribution in [2.24, 2.45) is 0 Å². The first-order valence-electron chi connectivity index (χ1n) is 3.23. The van der Waals surface area contributed by atoms with Gasteiger partial charge in [0.05, 0.1) is 0 Å². The summed E-state index contributed by atoms with van der Waals surface area (Å²) in [6, 6.07) is 4.61. The van der Waals surface area contributed by atoms with E-state index in [4.69, 9.17) is 0 Å². The van der Waals surface area contributed by atoms with Crippen LogP contribution in [0.5, 0.6) is 0 Å². The molecular weight excluding hydrogens is 224 g/mol. The molecule has 0 aromatic carbocycles. The SMILES string of the molecule is c1c[c]2[c](s1)[Cu]21[c]2ccs[c]21. The Bertz CT molecular complexity index is 381. The summed E-state index contributed by atoms with van der Waals surface area (Å²) in [6.45, 7) is 0. The fourth-order valence-electron chi connectivity index (χ4n) is 1.37. The summed E-state index contributed by atoms with van der Waals surface area (Å²) in [7, 11) is 0. The van der Waals surface area contributed by atoms with E-state index in [9.17, 15) is 0 Å². The topological polar surface area (TPSA) is 0 Å². The molecule has 0 radical (unpaired) electrons. The van der Waals surface area contributed by atoms with Gasteiger partial charge in [-0.1, -0.05) is 0 Å². The van der Waals surface area contributed by atoms with Crippen LogP contribution in [0.1, 0.15) is 0 Å². The van der Waals surface area contributed by atoms with Gasteiger partial charge in [0.2, 0.25) is 0 Å². The summed E-state index contributed by atoms with van der Waals surface area (Å²) in [4.78, 5) is 0. The van der Waals surface area contributed by atoms with Crippen LogP contribution in [0.2, 0.25) is 0 Å². The van der Waals surface area contributed by atoms with Crippen molar-refractivity contribution >= 4 is 39.1 Å². The summed E-state index contributed by atoms with van der Waals surface area (Å²) >= 11 is 3.53. The fourth-order valence-corrected chi connectivity index (χ4v) is 9.96. The molecule has 0 N–H and O–H groups in total. The van der Waals surface area contributed by atoms with Gasteiger partial charge in [0.15, 0.2) is 0 Å². The van der Waals surface area contributed by atoms with Crippen LogP contribution in [0.25, 0.3) is 0 Å². The van der Waals surface area contributed by atoms with Gasteiger partial charge in [-0.05, 0) is 0 Å². The Labute approximate surface area is 74.7 Å². The van der Waals surface area contributed by atoms with Crippen LogP contribution < -0.4 is 16.5 Å². The minimum atomic E-state index is -0.360. The first-order valence-corrected chi connectivity index (χ1v) is 6.87. The molecule has 3 heteroatoms. The van der Waals surface area contributed by atoms with Gasteiger partial charge >= 0.3 is 74.9 Å². The number of fused-ring (bicyclic) bond motifs is 6. The van der Waals surface area contributed by atoms with Gasteiger partial charge in [0, 0.05) is 0 Å². The number of thiophene rings is 2. The molecule has 4 rings (SSSR count). The quantitative estimate of drug-likeness (QED) is 0.377. The predicted octanol–water partition coefficient (Wildman–Crippen LogP) is 0.192. The standard InChI is InChI=1S/2C4H2S.Cu/c2*1-2-4-5-3-1;/h2*1,3H;. The van der Waals surface area contributed by atoms with Gasteiger partial charge in [-0.2, -0.15) is 0 Å². The maximum absolute atomic E-state index is 2.31. The van der Waals surface area contributed by atoms with E-state index in [0.717, 1.165) is 0 Å². The second-order valence-corrected chi connectivity index (χ2v) is 8.11. The molecule has 2 aliphatic rings. The summed E-state index contributed by atoms with van der Waals surface area (Å²) in [5.41, 5.74) is 0. The third kappa shape index (κ3) is 0.390. The molecule has 2 aromatic rings. The zero-order valence-corrected chi connectivity index (χ0v) is 8.00. The van der Waals surface area contributed by atoms with Gasteiger partial charge in [-0.3, -0.25) is 0 Å². The molecule has 0 unspecified atom stereocenters. The van der Waals surface area contributed by atoms with Crippen molar-refractivity contribution in [3.63, 3.8) is 0 Å². The van der Waals surface area contributed by atoms with Gasteiger partial charge in [0.1, 0.15) is 0 Å². The second-order valence-electron chi connectivity index (χ2n) is 2.38. The summed E-state index contributed by atoms with van der Waals surface area (Å²) in [5, 5.41) is 4.43. The number of hydrogen-bond acceptors (Lipinski definition) is 2. The predicted molar refractivity (Wildman–Crippen MR) is 47.2 cm³/mol. The zero-order chi connectivity index (χ0) is 7.05. The van der Waals surface area contributed by atoms with Crippen molar-refractivity contribution in [3.8, 4) is 0 Å². The van der Waals surface area contributed by atoms with E-state index in [1.54, 1.807) is 16.5 Å². The molecule has 4 heterocycles. The summed E-state index contributed by atoms with van der Waals surface area (Å²) < 4.78 is 6.71. The first-order chi connectivity index (χ1) is 5.45. The average Bonchev–Trinajstić information content (AvgIpc) is 2.68. The molecule has 0 saturated heterocycles. The molecule has 0 nitrogen and oxygen atoms in total. The molecule has 0 saturated carbocycles. The van der Waals surface area contributed by atoms with Crippen LogP contribution in [0, 0.1) is 0 Å². The van der Waals surface area contributed by atoms with E-state index < -0.39 is 0 Å². The summed E-state index contributed by atoms with van der Waals surface area (Å²) in [5.74, 6) is 0. The van der Waals surface area contributed by atoms with E-state index in [1.165, 1.54) is 0 Å². The van der Waals surface area contributed by atoms with Crippen LogP contribution in [-0.4, -0.2) is 0 Å². The van der Waals surface area contributed by atoms with Crippen molar-refractivity contribution in [1.29, 1.82) is 0 Å². The van der Waals surface area contributed by atoms with E-state index in [2.05, 4.69) is 22.9 Å². The molecule has 2 aromatic heterocycles. The zero-order valence-electron chi connectivity index (χ0n) is 5.43. The Hall–Kier alpha value is -0.0805. The van der Waals surface area contributed by atoms with Crippen LogP contribution in [0.3, 0.4) is 0 Å². The normalized spacial score (nSPS) is 22.5. The molecule has 0 atom stereocenters. The molecule has 0 aliphatic carbocycles. The monoisotopic (exact) mass is 227 g/mol. The molecule has 0 bridgehead atoms. The second kappa shape index (κ2) is 1.38. The van der Waals surface area contributed by atoms with Crippen LogP contribution in [0.4, 0.5) is 0 Å².